The number of nitrogens with two attached hydrogens (primary N) is 1. The molecule has 0 aliphatic rings. The maximum absolute atomic E-state index is 12.0. The van der Waals surface area contributed by atoms with Gasteiger partial charge in [-0.1, -0.05) is 17.4 Å². The van der Waals surface area contributed by atoms with Crippen molar-refractivity contribution in [3.05, 3.63) is 29.4 Å². The summed E-state index contributed by atoms with van der Waals surface area (Å²) in [5.74, 6) is 0. The van der Waals surface area contributed by atoms with Gasteiger partial charge in [0.05, 0.1) is 11.1 Å². The first-order valence-electron chi connectivity index (χ1n) is 5.72. The molecule has 0 bridgehead atoms. The van der Waals surface area contributed by atoms with Gasteiger partial charge in [0.25, 0.3) is 0 Å². The molecule has 7 nitrogen and oxygen atoms in total. The van der Waals surface area contributed by atoms with Gasteiger partial charge < -0.3 is 5.73 Å². The monoisotopic (exact) mass is 331 g/mol. The van der Waals surface area contributed by atoms with Gasteiger partial charge in [-0.15, -0.1) is 16.4 Å². The SMILES string of the molecule is NC(=S)c1ccc(S(=O)(=O)NCCCn2ccnn2)s1. The lowest BCUT2D eigenvalue weighted by molar-refractivity contribution is 0.543. The Morgan fingerprint density at radius 2 is 2.30 bits per heavy atom. The van der Waals surface area contributed by atoms with Crippen molar-refractivity contribution < 1.29 is 8.42 Å². The third-order valence-electron chi connectivity index (χ3n) is 2.42. The third kappa shape index (κ3) is 3.82. The Morgan fingerprint density at radius 1 is 1.50 bits per heavy atom. The minimum atomic E-state index is -3.51. The normalized spacial score (nSPS) is 11.6. The summed E-state index contributed by atoms with van der Waals surface area (Å²) in [6.45, 7) is 0.924. The first-order chi connectivity index (χ1) is 9.49. The van der Waals surface area contributed by atoms with Gasteiger partial charge in [0.2, 0.25) is 10.0 Å². The molecule has 108 valence electrons. The fourth-order valence-electron chi connectivity index (χ4n) is 1.47. The Bertz CT molecular complexity index is 678. The van der Waals surface area contributed by atoms with E-state index in [1.165, 1.54) is 6.07 Å². The molecular formula is C10H13N5O2S3. The molecule has 20 heavy (non-hydrogen) atoms. The second-order valence-corrected chi connectivity index (χ2v) is 7.42. The van der Waals surface area contributed by atoms with Crippen molar-refractivity contribution in [2.24, 2.45) is 5.73 Å². The molecule has 0 unspecified atom stereocenters. The number of rotatable bonds is 7. The molecule has 2 aromatic rings. The van der Waals surface area contributed by atoms with Crippen LogP contribution in [0.2, 0.25) is 0 Å². The Labute approximate surface area is 125 Å². The second kappa shape index (κ2) is 6.39. The Hall–Kier alpha value is -1.36. The van der Waals surface area contributed by atoms with E-state index in [1.807, 2.05) is 0 Å². The molecule has 0 saturated carbocycles. The number of nitrogens with one attached hydrogen (secondary N) is 1. The molecule has 0 aliphatic heterocycles. The number of aromatic nitrogens is 3. The van der Waals surface area contributed by atoms with Crippen molar-refractivity contribution in [3.8, 4) is 0 Å². The van der Waals surface area contributed by atoms with E-state index in [4.69, 9.17) is 18.0 Å². The van der Waals surface area contributed by atoms with Crippen LogP contribution in [0.5, 0.6) is 0 Å². The highest BCUT2D eigenvalue weighted by Crippen LogP contribution is 2.21. The minimum absolute atomic E-state index is 0.197. The smallest absolute Gasteiger partial charge is 0.250 e. The van der Waals surface area contributed by atoms with Crippen molar-refractivity contribution in [1.82, 2.24) is 19.7 Å². The highest BCUT2D eigenvalue weighted by Gasteiger charge is 2.16. The lowest BCUT2D eigenvalue weighted by atomic mass is 10.4. The molecule has 3 N–H and O–H groups in total. The van der Waals surface area contributed by atoms with Gasteiger partial charge in [0, 0.05) is 19.3 Å². The number of thiocarbonyl (C=S) groups is 1. The first-order valence-corrected chi connectivity index (χ1v) is 8.43. The average Bonchev–Trinajstić information content (AvgIpc) is 3.05. The van der Waals surface area contributed by atoms with Gasteiger partial charge in [-0.05, 0) is 18.6 Å². The van der Waals surface area contributed by atoms with Crippen LogP contribution in [0, 0.1) is 0 Å². The molecule has 0 spiro atoms. The van der Waals surface area contributed by atoms with E-state index in [9.17, 15) is 8.42 Å². The molecule has 2 aromatic heterocycles. The second-order valence-electron chi connectivity index (χ2n) is 3.90. The molecule has 0 amide bonds. The summed E-state index contributed by atoms with van der Waals surface area (Å²) in [6.07, 6.45) is 3.92. The van der Waals surface area contributed by atoms with Crippen molar-refractivity contribution in [2.75, 3.05) is 6.54 Å². The highest BCUT2D eigenvalue weighted by atomic mass is 32.2. The van der Waals surface area contributed by atoms with Crippen molar-refractivity contribution in [2.45, 2.75) is 17.2 Å². The van der Waals surface area contributed by atoms with E-state index in [-0.39, 0.29) is 9.20 Å². The zero-order chi connectivity index (χ0) is 14.6. The molecule has 2 heterocycles. The number of hydrogen-bond acceptors (Lipinski definition) is 6. The quantitative estimate of drug-likeness (QED) is 0.560. The van der Waals surface area contributed by atoms with Crippen LogP contribution < -0.4 is 10.5 Å². The van der Waals surface area contributed by atoms with Crippen LogP contribution in [0.15, 0.2) is 28.7 Å². The van der Waals surface area contributed by atoms with E-state index < -0.39 is 10.0 Å². The third-order valence-corrected chi connectivity index (χ3v) is 5.84. The standard InChI is InChI=1S/C10H13N5O2S3/c11-10(18)8-2-3-9(19-8)20(16,17)13-4-1-6-15-7-5-12-14-15/h2-3,5,7,13H,1,4,6H2,(H2,11,18). The van der Waals surface area contributed by atoms with Crippen LogP contribution in [0.1, 0.15) is 11.3 Å². The van der Waals surface area contributed by atoms with Gasteiger partial charge in [0.15, 0.2) is 0 Å². The highest BCUT2D eigenvalue weighted by molar-refractivity contribution is 7.91. The predicted molar refractivity (Wildman–Crippen MR) is 80.0 cm³/mol. The number of nitrogens with zero attached hydrogens (tertiary/aromatic N) is 3. The van der Waals surface area contributed by atoms with E-state index in [0.717, 1.165) is 11.3 Å². The van der Waals surface area contributed by atoms with Crippen LogP contribution in [0.25, 0.3) is 0 Å². The fourth-order valence-corrected chi connectivity index (χ4v) is 3.94. The average molecular weight is 331 g/mol. The summed E-state index contributed by atoms with van der Waals surface area (Å²) < 4.78 is 28.4. The van der Waals surface area contributed by atoms with Crippen molar-refractivity contribution in [1.29, 1.82) is 0 Å². The summed E-state index contributed by atoms with van der Waals surface area (Å²) in [7, 11) is -3.51. The molecule has 0 aliphatic carbocycles. The Balaban J connectivity index is 1.88. The first kappa shape index (κ1) is 15.0. The molecule has 0 atom stereocenters. The molecule has 2 rings (SSSR count). The van der Waals surface area contributed by atoms with Crippen LogP contribution in [0.3, 0.4) is 0 Å². The zero-order valence-electron chi connectivity index (χ0n) is 10.4. The molecule has 0 aromatic carbocycles. The Kier molecular flexibility index (Phi) is 4.81. The number of sulfonamides is 1. The van der Waals surface area contributed by atoms with E-state index >= 15 is 0 Å². The topological polar surface area (TPSA) is 103 Å². The number of thiophene rings is 1. The van der Waals surface area contributed by atoms with Crippen molar-refractivity contribution >= 4 is 38.6 Å². The summed E-state index contributed by atoms with van der Waals surface area (Å²) in [5.41, 5.74) is 5.46. The van der Waals surface area contributed by atoms with E-state index in [1.54, 1.807) is 23.1 Å². The Morgan fingerprint density at radius 3 is 2.90 bits per heavy atom. The van der Waals surface area contributed by atoms with Crippen LogP contribution in [-0.4, -0.2) is 34.9 Å². The molecule has 0 radical (unpaired) electrons. The zero-order valence-corrected chi connectivity index (χ0v) is 12.8. The summed E-state index contributed by atoms with van der Waals surface area (Å²) in [6, 6.07) is 3.11. The molecular weight excluding hydrogens is 318 g/mol. The number of aryl methyl sites for hydroxylation is 1. The van der Waals surface area contributed by atoms with Gasteiger partial charge in [0.1, 0.15) is 9.20 Å². The summed E-state index contributed by atoms with van der Waals surface area (Å²) in [4.78, 5) is 0.783. The van der Waals surface area contributed by atoms with Gasteiger partial charge >= 0.3 is 0 Å². The van der Waals surface area contributed by atoms with Gasteiger partial charge in [-0.3, -0.25) is 4.68 Å². The van der Waals surface area contributed by atoms with E-state index in [2.05, 4.69) is 15.0 Å². The fraction of sp³-hybridized carbons (Fsp3) is 0.300. The molecule has 0 fully saturated rings. The predicted octanol–water partition coefficient (Wildman–Crippen LogP) is 0.342. The number of hydrogen-bond donors (Lipinski definition) is 2. The van der Waals surface area contributed by atoms with Crippen LogP contribution in [-0.2, 0) is 16.6 Å². The lowest BCUT2D eigenvalue weighted by Crippen LogP contribution is -2.25. The summed E-state index contributed by atoms with van der Waals surface area (Å²) in [5, 5.41) is 7.46. The minimum Gasteiger partial charge on any atom is -0.389 e. The summed E-state index contributed by atoms with van der Waals surface area (Å²) >= 11 is 5.87. The van der Waals surface area contributed by atoms with Gasteiger partial charge in [-0.25, -0.2) is 13.1 Å². The van der Waals surface area contributed by atoms with Gasteiger partial charge in [-0.2, -0.15) is 0 Å². The van der Waals surface area contributed by atoms with Crippen molar-refractivity contribution in [3.63, 3.8) is 0 Å². The largest absolute Gasteiger partial charge is 0.389 e. The maximum Gasteiger partial charge on any atom is 0.250 e. The van der Waals surface area contributed by atoms with Crippen LogP contribution >= 0.6 is 23.6 Å². The molecule has 10 heteroatoms. The van der Waals surface area contributed by atoms with E-state index in [0.29, 0.717) is 24.4 Å². The lowest BCUT2D eigenvalue weighted by Gasteiger charge is -2.04. The molecule has 0 saturated heterocycles. The maximum atomic E-state index is 12.0. The van der Waals surface area contributed by atoms with Crippen LogP contribution in [0.4, 0.5) is 0 Å².